The summed E-state index contributed by atoms with van der Waals surface area (Å²) in [5.41, 5.74) is 0. The van der Waals surface area contributed by atoms with Crippen LogP contribution in [-0.4, -0.2) is 36.4 Å². The Labute approximate surface area is 112 Å². The third kappa shape index (κ3) is 4.35. The van der Waals surface area contributed by atoms with E-state index in [0.29, 0.717) is 0 Å². The normalized spacial score (nSPS) is 24.6. The van der Waals surface area contributed by atoms with Gasteiger partial charge in [0.15, 0.2) is 12.2 Å². The molecule has 104 valence electrons. The topological polar surface area (TPSA) is 71.1 Å². The lowest BCUT2D eigenvalue weighted by molar-refractivity contribution is -0.167. The average molecular weight is 299 g/mol. The molecular formula is C10H16ClO6P. The van der Waals surface area contributed by atoms with Crippen LogP contribution < -0.4 is 0 Å². The van der Waals surface area contributed by atoms with Crippen LogP contribution in [0, 0.1) is 0 Å². The van der Waals surface area contributed by atoms with Gasteiger partial charge in [-0.05, 0) is 38.9 Å². The van der Waals surface area contributed by atoms with Crippen molar-refractivity contribution >= 4 is 30.9 Å². The number of rotatable bonds is 4. The van der Waals surface area contributed by atoms with Crippen molar-refractivity contribution in [2.24, 2.45) is 0 Å². The number of hydrogen-bond donors (Lipinski definition) is 0. The van der Waals surface area contributed by atoms with Crippen molar-refractivity contribution < 1.29 is 28.1 Å². The van der Waals surface area contributed by atoms with Gasteiger partial charge in [-0.25, -0.2) is 9.59 Å². The first-order valence-electron chi connectivity index (χ1n) is 5.51. The van der Waals surface area contributed by atoms with E-state index >= 15 is 0 Å². The predicted molar refractivity (Wildman–Crippen MR) is 65.0 cm³/mol. The molecule has 0 radical (unpaired) electrons. The van der Waals surface area contributed by atoms with E-state index in [4.69, 9.17) is 29.8 Å². The van der Waals surface area contributed by atoms with Gasteiger partial charge >= 0.3 is 11.9 Å². The Morgan fingerprint density at radius 3 is 1.61 bits per heavy atom. The maximum absolute atomic E-state index is 11.7. The van der Waals surface area contributed by atoms with Gasteiger partial charge in [0.05, 0.1) is 12.2 Å². The Balaban J connectivity index is 2.69. The van der Waals surface area contributed by atoms with E-state index in [-0.39, 0.29) is 12.2 Å². The Morgan fingerprint density at radius 2 is 1.33 bits per heavy atom. The second-order valence-corrected chi connectivity index (χ2v) is 5.91. The van der Waals surface area contributed by atoms with Crippen molar-refractivity contribution in [1.82, 2.24) is 0 Å². The Hall–Kier alpha value is -0.420. The number of ether oxygens (including phenoxy) is 2. The number of carbonyl (C=O) groups is 2. The summed E-state index contributed by atoms with van der Waals surface area (Å²) in [6, 6.07) is 0. The highest BCUT2D eigenvalue weighted by Crippen LogP contribution is 2.53. The van der Waals surface area contributed by atoms with Crippen LogP contribution >= 0.6 is 19.0 Å². The molecule has 0 amide bonds. The van der Waals surface area contributed by atoms with Crippen LogP contribution in [0.2, 0.25) is 0 Å². The van der Waals surface area contributed by atoms with Gasteiger partial charge in [0, 0.05) is 0 Å². The molecule has 1 fully saturated rings. The molecule has 0 aromatic rings. The molecule has 1 aliphatic heterocycles. The Bertz CT molecular complexity index is 291. The van der Waals surface area contributed by atoms with Crippen molar-refractivity contribution in [1.29, 1.82) is 0 Å². The molecule has 0 saturated carbocycles. The molecule has 18 heavy (non-hydrogen) atoms. The zero-order valence-corrected chi connectivity index (χ0v) is 12.2. The van der Waals surface area contributed by atoms with Gasteiger partial charge < -0.3 is 18.5 Å². The molecule has 0 unspecified atom stereocenters. The fourth-order valence-electron chi connectivity index (χ4n) is 1.25. The lowest BCUT2D eigenvalue weighted by Gasteiger charge is -2.17. The standard InChI is InChI=1S/C10H16ClO6P/c1-5(2)14-9(12)7-8(17-18(11)16-7)10(13)15-6(3)4/h5-8H,1-4H3/t7-,8-/m1/s1. The fraction of sp³-hybridized carbons (Fsp3) is 0.800. The molecule has 0 aliphatic carbocycles. The van der Waals surface area contributed by atoms with Gasteiger partial charge in [-0.2, -0.15) is 0 Å². The summed E-state index contributed by atoms with van der Waals surface area (Å²) in [4.78, 5) is 23.4. The van der Waals surface area contributed by atoms with Crippen LogP contribution in [0.1, 0.15) is 27.7 Å². The first-order chi connectivity index (χ1) is 8.31. The number of halogens is 1. The minimum absolute atomic E-state index is 0.315. The molecular weight excluding hydrogens is 283 g/mol. The summed E-state index contributed by atoms with van der Waals surface area (Å²) in [5.74, 6) is -1.36. The van der Waals surface area contributed by atoms with E-state index in [1.165, 1.54) is 0 Å². The van der Waals surface area contributed by atoms with Crippen LogP contribution in [0.15, 0.2) is 0 Å². The SMILES string of the molecule is CC(C)OC(=O)[C@@H]1OP(Cl)O[C@H]1C(=O)OC(C)C. The lowest BCUT2D eigenvalue weighted by atomic mass is 10.2. The second-order valence-electron chi connectivity index (χ2n) is 4.24. The van der Waals surface area contributed by atoms with E-state index in [2.05, 4.69) is 0 Å². The van der Waals surface area contributed by atoms with E-state index in [1.807, 2.05) is 0 Å². The van der Waals surface area contributed by atoms with E-state index in [9.17, 15) is 9.59 Å². The molecule has 2 atom stereocenters. The second kappa shape index (κ2) is 6.66. The van der Waals surface area contributed by atoms with Gasteiger partial charge in [0.2, 0.25) is 0 Å². The third-order valence-electron chi connectivity index (χ3n) is 1.84. The molecule has 0 aromatic heterocycles. The maximum atomic E-state index is 11.7. The van der Waals surface area contributed by atoms with Crippen LogP contribution in [0.5, 0.6) is 0 Å². The molecule has 0 spiro atoms. The summed E-state index contributed by atoms with van der Waals surface area (Å²) in [6.07, 6.45) is -2.96. The van der Waals surface area contributed by atoms with E-state index < -0.39 is 31.9 Å². The van der Waals surface area contributed by atoms with Crippen LogP contribution in [-0.2, 0) is 28.1 Å². The molecule has 0 bridgehead atoms. The van der Waals surface area contributed by atoms with Gasteiger partial charge in [0.1, 0.15) is 0 Å². The molecule has 1 aliphatic rings. The van der Waals surface area contributed by atoms with Crippen LogP contribution in [0.4, 0.5) is 0 Å². The summed E-state index contributed by atoms with van der Waals surface area (Å²) in [5, 5.41) is 0. The average Bonchev–Trinajstić information content (AvgIpc) is 2.58. The maximum Gasteiger partial charge on any atom is 0.339 e. The molecule has 6 nitrogen and oxygen atoms in total. The van der Waals surface area contributed by atoms with Gasteiger partial charge in [-0.3, -0.25) is 0 Å². The molecule has 1 saturated heterocycles. The number of hydrogen-bond acceptors (Lipinski definition) is 6. The predicted octanol–water partition coefficient (Wildman–Crippen LogP) is 2.14. The van der Waals surface area contributed by atoms with Crippen LogP contribution in [0.25, 0.3) is 0 Å². The largest absolute Gasteiger partial charge is 0.461 e. The van der Waals surface area contributed by atoms with E-state index in [0.717, 1.165) is 0 Å². The Kier molecular flexibility index (Phi) is 5.79. The smallest absolute Gasteiger partial charge is 0.339 e. The zero-order valence-electron chi connectivity index (χ0n) is 10.6. The molecule has 8 heteroatoms. The minimum Gasteiger partial charge on any atom is -0.461 e. The van der Waals surface area contributed by atoms with Crippen molar-refractivity contribution in [3.63, 3.8) is 0 Å². The van der Waals surface area contributed by atoms with Crippen molar-refractivity contribution in [3.8, 4) is 0 Å². The number of carbonyl (C=O) groups excluding carboxylic acids is 2. The van der Waals surface area contributed by atoms with Gasteiger partial charge in [-0.1, -0.05) is 0 Å². The summed E-state index contributed by atoms with van der Waals surface area (Å²) in [6.45, 7) is 6.77. The van der Waals surface area contributed by atoms with Gasteiger partial charge in [0.25, 0.3) is 7.73 Å². The number of esters is 2. The van der Waals surface area contributed by atoms with E-state index in [1.54, 1.807) is 27.7 Å². The fourth-order valence-corrected chi connectivity index (χ4v) is 2.56. The van der Waals surface area contributed by atoms with Crippen molar-refractivity contribution in [2.75, 3.05) is 0 Å². The molecule has 0 N–H and O–H groups in total. The summed E-state index contributed by atoms with van der Waals surface area (Å²) < 4.78 is 20.1. The molecule has 1 rings (SSSR count). The first-order valence-corrected chi connectivity index (χ1v) is 7.60. The third-order valence-corrected chi connectivity index (χ3v) is 3.10. The van der Waals surface area contributed by atoms with Gasteiger partial charge in [-0.15, -0.1) is 0 Å². The molecule has 1 heterocycles. The monoisotopic (exact) mass is 298 g/mol. The highest BCUT2D eigenvalue weighted by molar-refractivity contribution is 7.76. The minimum atomic E-state index is -1.79. The van der Waals surface area contributed by atoms with Crippen molar-refractivity contribution in [3.05, 3.63) is 0 Å². The Morgan fingerprint density at radius 1 is 1.00 bits per heavy atom. The first kappa shape index (κ1) is 15.6. The lowest BCUT2D eigenvalue weighted by Crippen LogP contribution is -2.40. The van der Waals surface area contributed by atoms with Crippen molar-refractivity contribution in [2.45, 2.75) is 52.1 Å². The summed E-state index contributed by atoms with van der Waals surface area (Å²) in [7, 11) is -1.79. The quantitative estimate of drug-likeness (QED) is 0.585. The highest BCUT2D eigenvalue weighted by Gasteiger charge is 2.48. The molecule has 0 aromatic carbocycles. The zero-order chi connectivity index (χ0) is 13.9. The highest BCUT2D eigenvalue weighted by atomic mass is 35.7. The van der Waals surface area contributed by atoms with Crippen LogP contribution in [0.3, 0.4) is 0 Å². The summed E-state index contributed by atoms with van der Waals surface area (Å²) >= 11 is 5.67.